The van der Waals surface area contributed by atoms with Gasteiger partial charge in [-0.2, -0.15) is 0 Å². The molecule has 1 atom stereocenters. The van der Waals surface area contributed by atoms with Crippen LogP contribution in [0.5, 0.6) is 5.75 Å². The first-order valence-electron chi connectivity index (χ1n) is 10.1. The Morgan fingerprint density at radius 2 is 1.81 bits per heavy atom. The molecule has 1 unspecified atom stereocenters. The number of rotatable bonds is 5. The summed E-state index contributed by atoms with van der Waals surface area (Å²) in [5, 5.41) is 11.6. The number of carbonyl (C=O) groups excluding carboxylic acids is 2. The number of halogens is 1. The molecule has 1 amide bonds. The van der Waals surface area contributed by atoms with Gasteiger partial charge in [0.2, 0.25) is 0 Å². The largest absolute Gasteiger partial charge is 0.507 e. The Balaban J connectivity index is 1.86. The smallest absolute Gasteiger partial charge is 0.301 e. The zero-order valence-electron chi connectivity index (χ0n) is 17.5. The summed E-state index contributed by atoms with van der Waals surface area (Å²) in [5.74, 6) is -0.894. The molecule has 32 heavy (non-hydrogen) atoms. The second-order valence-corrected chi connectivity index (χ2v) is 8.04. The van der Waals surface area contributed by atoms with Gasteiger partial charge in [-0.1, -0.05) is 29.8 Å². The summed E-state index contributed by atoms with van der Waals surface area (Å²) in [6, 6.07) is 17.8. The zero-order valence-corrected chi connectivity index (χ0v) is 18.3. The fourth-order valence-electron chi connectivity index (χ4n) is 3.68. The molecule has 0 aliphatic carbocycles. The Hall–Kier alpha value is -3.64. The molecule has 0 spiro atoms. The predicted molar refractivity (Wildman–Crippen MR) is 123 cm³/mol. The number of ether oxygens (including phenoxy) is 1. The van der Waals surface area contributed by atoms with Crippen molar-refractivity contribution in [1.82, 2.24) is 4.98 Å². The van der Waals surface area contributed by atoms with Crippen LogP contribution >= 0.6 is 11.6 Å². The van der Waals surface area contributed by atoms with E-state index in [1.54, 1.807) is 66.7 Å². The Labute approximate surface area is 190 Å². The molecule has 7 heteroatoms. The van der Waals surface area contributed by atoms with Crippen molar-refractivity contribution in [3.8, 4) is 5.75 Å². The first kappa shape index (κ1) is 21.6. The molecule has 0 bridgehead atoms. The standard InChI is InChI=1S/C25H21ClN2O4/c1-15(2)32-19-11-9-16(10-12-19)23(29)21-22(17-6-5-7-18(26)14-17)28(25(31)24(21)30)20-8-3-4-13-27-20/h3-15,22,29H,1-2H3/b23-21-. The van der Waals surface area contributed by atoms with Crippen LogP contribution in [0.1, 0.15) is 31.0 Å². The number of nitrogens with zero attached hydrogens (tertiary/aromatic N) is 2. The number of Topliss-reactive ketones (excluding diaryl/α,β-unsaturated/α-hetero) is 1. The SMILES string of the molecule is CC(C)Oc1ccc(/C(O)=C2/C(=O)C(=O)N(c3ccccn3)C2c2cccc(Cl)c2)cc1. The third-order valence-electron chi connectivity index (χ3n) is 5.00. The molecule has 1 fully saturated rings. The van der Waals surface area contributed by atoms with Crippen molar-refractivity contribution in [1.29, 1.82) is 0 Å². The monoisotopic (exact) mass is 448 g/mol. The number of benzene rings is 2. The molecule has 1 saturated heterocycles. The molecule has 1 aliphatic rings. The number of hydrogen-bond donors (Lipinski definition) is 1. The first-order valence-corrected chi connectivity index (χ1v) is 10.5. The van der Waals surface area contributed by atoms with E-state index in [0.717, 1.165) is 0 Å². The second kappa shape index (κ2) is 8.85. The summed E-state index contributed by atoms with van der Waals surface area (Å²) in [6.07, 6.45) is 1.54. The molecule has 0 radical (unpaired) electrons. The number of carbonyl (C=O) groups is 2. The highest BCUT2D eigenvalue weighted by atomic mass is 35.5. The highest BCUT2D eigenvalue weighted by Crippen LogP contribution is 2.42. The maximum atomic E-state index is 13.1. The Morgan fingerprint density at radius 3 is 2.44 bits per heavy atom. The van der Waals surface area contributed by atoms with Crippen molar-refractivity contribution in [3.63, 3.8) is 0 Å². The molecule has 2 aromatic carbocycles. The topological polar surface area (TPSA) is 79.7 Å². The molecular weight excluding hydrogens is 428 g/mol. The number of amides is 1. The third kappa shape index (κ3) is 4.09. The molecule has 1 N–H and O–H groups in total. The van der Waals surface area contributed by atoms with Crippen molar-refractivity contribution in [2.45, 2.75) is 26.0 Å². The van der Waals surface area contributed by atoms with Gasteiger partial charge in [0.25, 0.3) is 5.78 Å². The van der Waals surface area contributed by atoms with Crippen molar-refractivity contribution in [2.75, 3.05) is 4.90 Å². The molecule has 1 aromatic heterocycles. The summed E-state index contributed by atoms with van der Waals surface area (Å²) in [4.78, 5) is 31.7. The number of aliphatic hydroxyl groups excluding tert-OH is 1. The maximum Gasteiger partial charge on any atom is 0.301 e. The van der Waals surface area contributed by atoms with Crippen LogP contribution in [0.4, 0.5) is 5.82 Å². The van der Waals surface area contributed by atoms with E-state index in [1.165, 1.54) is 11.1 Å². The van der Waals surface area contributed by atoms with E-state index in [0.29, 0.717) is 27.7 Å². The molecule has 1 aliphatic heterocycles. The highest BCUT2D eigenvalue weighted by molar-refractivity contribution is 6.51. The Kier molecular flexibility index (Phi) is 5.97. The molecule has 162 valence electrons. The number of pyridine rings is 1. The van der Waals surface area contributed by atoms with Gasteiger partial charge in [-0.05, 0) is 67.9 Å². The fourth-order valence-corrected chi connectivity index (χ4v) is 3.87. The van der Waals surface area contributed by atoms with E-state index < -0.39 is 17.7 Å². The van der Waals surface area contributed by atoms with Crippen LogP contribution in [0, 0.1) is 0 Å². The van der Waals surface area contributed by atoms with E-state index in [4.69, 9.17) is 16.3 Å². The molecule has 0 saturated carbocycles. The lowest BCUT2D eigenvalue weighted by Gasteiger charge is -2.24. The minimum Gasteiger partial charge on any atom is -0.507 e. The van der Waals surface area contributed by atoms with Gasteiger partial charge >= 0.3 is 5.91 Å². The van der Waals surface area contributed by atoms with Crippen molar-refractivity contribution >= 4 is 34.9 Å². The van der Waals surface area contributed by atoms with Crippen LogP contribution in [-0.4, -0.2) is 27.9 Å². The van der Waals surface area contributed by atoms with Crippen LogP contribution < -0.4 is 9.64 Å². The fraction of sp³-hybridized carbons (Fsp3) is 0.160. The summed E-state index contributed by atoms with van der Waals surface area (Å²) < 4.78 is 5.64. The first-order chi connectivity index (χ1) is 15.4. The third-order valence-corrected chi connectivity index (χ3v) is 5.24. The van der Waals surface area contributed by atoms with Crippen molar-refractivity contribution in [2.24, 2.45) is 0 Å². The van der Waals surface area contributed by atoms with Crippen LogP contribution in [0.3, 0.4) is 0 Å². The van der Waals surface area contributed by atoms with Gasteiger partial charge in [-0.15, -0.1) is 0 Å². The normalized spacial score (nSPS) is 17.8. The van der Waals surface area contributed by atoms with Gasteiger partial charge < -0.3 is 9.84 Å². The van der Waals surface area contributed by atoms with Gasteiger partial charge in [0, 0.05) is 16.8 Å². The highest BCUT2D eigenvalue weighted by Gasteiger charge is 2.47. The lowest BCUT2D eigenvalue weighted by molar-refractivity contribution is -0.132. The molecule has 3 aromatic rings. The van der Waals surface area contributed by atoms with E-state index in [1.807, 2.05) is 13.8 Å². The van der Waals surface area contributed by atoms with Gasteiger partial charge in [-0.25, -0.2) is 4.98 Å². The average molecular weight is 449 g/mol. The zero-order chi connectivity index (χ0) is 22.8. The van der Waals surface area contributed by atoms with E-state index in [-0.39, 0.29) is 17.4 Å². The van der Waals surface area contributed by atoms with Crippen molar-refractivity contribution in [3.05, 3.63) is 94.6 Å². The number of hydrogen-bond acceptors (Lipinski definition) is 5. The molecular formula is C25H21ClN2O4. The summed E-state index contributed by atoms with van der Waals surface area (Å²) >= 11 is 6.20. The number of ketones is 1. The quantitative estimate of drug-likeness (QED) is 0.332. The minimum atomic E-state index is -0.879. The van der Waals surface area contributed by atoms with Gasteiger partial charge in [0.1, 0.15) is 17.3 Å². The van der Waals surface area contributed by atoms with E-state index >= 15 is 0 Å². The number of anilines is 1. The number of aliphatic hydroxyl groups is 1. The van der Waals surface area contributed by atoms with Crippen LogP contribution in [0.15, 0.2) is 78.5 Å². The van der Waals surface area contributed by atoms with Gasteiger partial charge in [0.05, 0.1) is 17.7 Å². The lowest BCUT2D eigenvalue weighted by atomic mass is 9.95. The Morgan fingerprint density at radius 1 is 1.06 bits per heavy atom. The van der Waals surface area contributed by atoms with E-state index in [9.17, 15) is 14.7 Å². The summed E-state index contributed by atoms with van der Waals surface area (Å²) in [7, 11) is 0. The van der Waals surface area contributed by atoms with E-state index in [2.05, 4.69) is 4.98 Å². The molecule has 4 rings (SSSR count). The minimum absolute atomic E-state index is 0.000901. The van der Waals surface area contributed by atoms with Gasteiger partial charge in [-0.3, -0.25) is 14.5 Å². The maximum absolute atomic E-state index is 13.1. The molecule has 6 nitrogen and oxygen atoms in total. The van der Waals surface area contributed by atoms with Crippen LogP contribution in [0.25, 0.3) is 5.76 Å². The molecule has 2 heterocycles. The summed E-state index contributed by atoms with van der Waals surface area (Å²) in [6.45, 7) is 3.83. The van der Waals surface area contributed by atoms with Crippen LogP contribution in [0.2, 0.25) is 5.02 Å². The predicted octanol–water partition coefficient (Wildman–Crippen LogP) is 5.15. The Bertz CT molecular complexity index is 1190. The average Bonchev–Trinajstić information content (AvgIpc) is 3.05. The van der Waals surface area contributed by atoms with Gasteiger partial charge in [0.15, 0.2) is 0 Å². The lowest BCUT2D eigenvalue weighted by Crippen LogP contribution is -2.30. The second-order valence-electron chi connectivity index (χ2n) is 7.60. The number of aromatic nitrogens is 1. The van der Waals surface area contributed by atoms with Crippen LogP contribution in [-0.2, 0) is 9.59 Å². The summed E-state index contributed by atoms with van der Waals surface area (Å²) in [5.41, 5.74) is 0.955. The van der Waals surface area contributed by atoms with Crippen molar-refractivity contribution < 1.29 is 19.4 Å².